The third-order valence-corrected chi connectivity index (χ3v) is 4.38. The van der Waals surface area contributed by atoms with Crippen molar-refractivity contribution < 1.29 is 14.3 Å². The first-order valence-corrected chi connectivity index (χ1v) is 9.79. The number of hydrogen-bond donors (Lipinski definition) is 3. The summed E-state index contributed by atoms with van der Waals surface area (Å²) in [5, 5.41) is 8.76. The zero-order chi connectivity index (χ0) is 21.3. The number of carbonyl (C=O) groups is 2. The van der Waals surface area contributed by atoms with Crippen LogP contribution in [0.25, 0.3) is 0 Å². The van der Waals surface area contributed by atoms with E-state index in [0.717, 1.165) is 5.56 Å². The van der Waals surface area contributed by atoms with Crippen molar-refractivity contribution in [2.24, 2.45) is 0 Å². The molecule has 0 aliphatic rings. The van der Waals surface area contributed by atoms with Gasteiger partial charge < -0.3 is 20.7 Å². The summed E-state index contributed by atoms with van der Waals surface area (Å²) in [6.07, 6.45) is 0. The number of benzene rings is 3. The van der Waals surface area contributed by atoms with Gasteiger partial charge in [-0.15, -0.1) is 0 Å². The lowest BCUT2D eigenvalue weighted by molar-refractivity contribution is -0.114. The molecular formula is C24H25N3O3. The highest BCUT2D eigenvalue weighted by molar-refractivity contribution is 6.08. The quantitative estimate of drug-likeness (QED) is 0.509. The van der Waals surface area contributed by atoms with Crippen molar-refractivity contribution in [3.8, 4) is 5.75 Å². The number of nitrogens with one attached hydrogen (secondary N) is 3. The maximum absolute atomic E-state index is 12.7. The van der Waals surface area contributed by atoms with E-state index in [9.17, 15) is 9.59 Å². The number of hydrogen-bond acceptors (Lipinski definition) is 4. The van der Waals surface area contributed by atoms with Crippen LogP contribution in [0.15, 0.2) is 72.8 Å². The average Bonchev–Trinajstić information content (AvgIpc) is 2.75. The Morgan fingerprint density at radius 3 is 2.23 bits per heavy atom. The Bertz CT molecular complexity index is 1020. The largest absolute Gasteiger partial charge is 0.492 e. The lowest BCUT2D eigenvalue weighted by atomic mass is 10.1. The van der Waals surface area contributed by atoms with E-state index < -0.39 is 0 Å². The highest BCUT2D eigenvalue weighted by Gasteiger charge is 2.13. The van der Waals surface area contributed by atoms with E-state index >= 15 is 0 Å². The van der Waals surface area contributed by atoms with Crippen LogP contribution in [0.1, 0.15) is 22.8 Å². The Labute approximate surface area is 176 Å². The second kappa shape index (κ2) is 10.1. The molecule has 3 aromatic rings. The highest BCUT2D eigenvalue weighted by atomic mass is 16.5. The molecule has 0 atom stereocenters. The molecule has 6 nitrogen and oxygen atoms in total. The van der Waals surface area contributed by atoms with Gasteiger partial charge in [0, 0.05) is 11.4 Å². The number of rotatable bonds is 8. The van der Waals surface area contributed by atoms with Crippen LogP contribution in [0.4, 0.5) is 17.1 Å². The standard InChI is InChI=1S/C24H25N3O3/c1-3-30-22-11-7-6-10-21(22)27-23(28)16-25-20-9-5-4-8-19(20)24(29)26-18-14-12-17(2)13-15-18/h4-15,25H,3,16H2,1-2H3,(H,26,29)(H,27,28). The predicted molar refractivity (Wildman–Crippen MR) is 120 cm³/mol. The summed E-state index contributed by atoms with van der Waals surface area (Å²) in [6.45, 7) is 4.39. The first-order valence-electron chi connectivity index (χ1n) is 9.79. The molecule has 6 heteroatoms. The van der Waals surface area contributed by atoms with Crippen molar-refractivity contribution in [1.82, 2.24) is 0 Å². The first kappa shape index (κ1) is 20.9. The number of aryl methyl sites for hydroxylation is 1. The van der Waals surface area contributed by atoms with Gasteiger partial charge in [0.1, 0.15) is 5.75 Å². The molecule has 0 heterocycles. The summed E-state index contributed by atoms with van der Waals surface area (Å²) in [6, 6.07) is 21.9. The van der Waals surface area contributed by atoms with Crippen LogP contribution < -0.4 is 20.7 Å². The molecule has 0 spiro atoms. The Morgan fingerprint density at radius 1 is 0.833 bits per heavy atom. The van der Waals surface area contributed by atoms with E-state index in [4.69, 9.17) is 4.74 Å². The molecule has 3 N–H and O–H groups in total. The number of para-hydroxylation sites is 3. The molecule has 0 aromatic heterocycles. The molecule has 0 saturated carbocycles. The van der Waals surface area contributed by atoms with E-state index in [2.05, 4.69) is 16.0 Å². The molecular weight excluding hydrogens is 378 g/mol. The topological polar surface area (TPSA) is 79.5 Å². The summed E-state index contributed by atoms with van der Waals surface area (Å²) in [7, 11) is 0. The van der Waals surface area contributed by atoms with Gasteiger partial charge in [-0.3, -0.25) is 9.59 Å². The van der Waals surface area contributed by atoms with E-state index in [0.29, 0.717) is 35.0 Å². The third-order valence-electron chi connectivity index (χ3n) is 4.38. The monoisotopic (exact) mass is 403 g/mol. The van der Waals surface area contributed by atoms with Crippen molar-refractivity contribution in [3.63, 3.8) is 0 Å². The van der Waals surface area contributed by atoms with Gasteiger partial charge in [-0.05, 0) is 50.2 Å². The van der Waals surface area contributed by atoms with E-state index in [1.807, 2.05) is 56.3 Å². The fourth-order valence-corrected chi connectivity index (χ4v) is 2.89. The Balaban J connectivity index is 1.64. The van der Waals surface area contributed by atoms with Gasteiger partial charge in [0.25, 0.3) is 5.91 Å². The summed E-state index contributed by atoms with van der Waals surface area (Å²) in [5.74, 6) is 0.131. The van der Waals surface area contributed by atoms with Gasteiger partial charge in [-0.2, -0.15) is 0 Å². The van der Waals surface area contributed by atoms with E-state index in [1.165, 1.54) is 0 Å². The summed E-state index contributed by atoms with van der Waals surface area (Å²) >= 11 is 0. The molecule has 0 radical (unpaired) electrons. The molecule has 30 heavy (non-hydrogen) atoms. The van der Waals surface area contributed by atoms with Gasteiger partial charge in [0.15, 0.2) is 0 Å². The number of ether oxygens (including phenoxy) is 1. The number of amides is 2. The van der Waals surface area contributed by atoms with Crippen LogP contribution in [0.2, 0.25) is 0 Å². The molecule has 2 amide bonds. The van der Waals surface area contributed by atoms with Crippen LogP contribution in [-0.4, -0.2) is 25.0 Å². The molecule has 0 saturated heterocycles. The zero-order valence-electron chi connectivity index (χ0n) is 17.1. The molecule has 0 unspecified atom stereocenters. The van der Waals surface area contributed by atoms with Crippen molar-refractivity contribution in [3.05, 3.63) is 83.9 Å². The van der Waals surface area contributed by atoms with Crippen LogP contribution >= 0.6 is 0 Å². The molecule has 0 aliphatic heterocycles. The first-order chi connectivity index (χ1) is 14.6. The maximum atomic E-state index is 12.7. The van der Waals surface area contributed by atoms with Crippen LogP contribution in [0.5, 0.6) is 5.75 Å². The predicted octanol–water partition coefficient (Wildman–Crippen LogP) is 4.70. The van der Waals surface area contributed by atoms with Crippen LogP contribution in [0, 0.1) is 6.92 Å². The van der Waals surface area contributed by atoms with Crippen molar-refractivity contribution >= 4 is 28.9 Å². The van der Waals surface area contributed by atoms with Crippen LogP contribution in [0.3, 0.4) is 0 Å². The Morgan fingerprint density at radius 2 is 1.50 bits per heavy atom. The summed E-state index contributed by atoms with van der Waals surface area (Å²) < 4.78 is 5.53. The lowest BCUT2D eigenvalue weighted by Crippen LogP contribution is -2.23. The fraction of sp³-hybridized carbons (Fsp3) is 0.167. The van der Waals surface area contributed by atoms with Crippen molar-refractivity contribution in [2.75, 3.05) is 29.1 Å². The average molecular weight is 403 g/mol. The normalized spacial score (nSPS) is 10.2. The number of anilines is 3. The van der Waals surface area contributed by atoms with Gasteiger partial charge in [0.05, 0.1) is 24.4 Å². The molecule has 0 aliphatic carbocycles. The molecule has 154 valence electrons. The van der Waals surface area contributed by atoms with E-state index in [1.54, 1.807) is 30.3 Å². The minimum atomic E-state index is -0.246. The molecule has 3 aromatic carbocycles. The van der Waals surface area contributed by atoms with Gasteiger partial charge in [-0.1, -0.05) is 42.0 Å². The van der Waals surface area contributed by atoms with Crippen molar-refractivity contribution in [1.29, 1.82) is 0 Å². The summed E-state index contributed by atoms with van der Waals surface area (Å²) in [5.41, 5.74) is 3.48. The fourth-order valence-electron chi connectivity index (χ4n) is 2.89. The third kappa shape index (κ3) is 5.61. The zero-order valence-corrected chi connectivity index (χ0v) is 17.1. The van der Waals surface area contributed by atoms with Crippen LogP contribution in [-0.2, 0) is 4.79 Å². The molecule has 0 bridgehead atoms. The second-order valence-corrected chi connectivity index (χ2v) is 6.70. The molecule has 0 fully saturated rings. The Kier molecular flexibility index (Phi) is 7.05. The van der Waals surface area contributed by atoms with Gasteiger partial charge in [-0.25, -0.2) is 0 Å². The maximum Gasteiger partial charge on any atom is 0.257 e. The minimum absolute atomic E-state index is 0.00921. The SMILES string of the molecule is CCOc1ccccc1NC(=O)CNc1ccccc1C(=O)Nc1ccc(C)cc1. The van der Waals surface area contributed by atoms with Crippen molar-refractivity contribution in [2.45, 2.75) is 13.8 Å². The lowest BCUT2D eigenvalue weighted by Gasteiger charge is -2.14. The van der Waals surface area contributed by atoms with Gasteiger partial charge in [0.2, 0.25) is 5.91 Å². The van der Waals surface area contributed by atoms with E-state index in [-0.39, 0.29) is 18.4 Å². The smallest absolute Gasteiger partial charge is 0.257 e. The Hall–Kier alpha value is -3.80. The summed E-state index contributed by atoms with van der Waals surface area (Å²) in [4.78, 5) is 25.1. The van der Waals surface area contributed by atoms with Gasteiger partial charge >= 0.3 is 0 Å². The second-order valence-electron chi connectivity index (χ2n) is 6.70. The minimum Gasteiger partial charge on any atom is -0.492 e. The molecule has 3 rings (SSSR count). The highest BCUT2D eigenvalue weighted by Crippen LogP contribution is 2.23. The number of carbonyl (C=O) groups excluding carboxylic acids is 2.